The molecule has 0 bridgehead atoms. The van der Waals surface area contributed by atoms with Crippen LogP contribution >= 0.6 is 0 Å². The second kappa shape index (κ2) is 8.85. The van der Waals surface area contributed by atoms with E-state index in [9.17, 15) is 9.59 Å². The average molecular weight is 328 g/mol. The van der Waals surface area contributed by atoms with Crippen LogP contribution in [0.25, 0.3) is 0 Å². The second-order valence-electron chi connectivity index (χ2n) is 5.64. The van der Waals surface area contributed by atoms with Gasteiger partial charge in [0.25, 0.3) is 5.91 Å². The van der Waals surface area contributed by atoms with Crippen LogP contribution in [0, 0.1) is 23.7 Å². The number of amides is 1. The Balaban J connectivity index is 2.87. The lowest BCUT2D eigenvalue weighted by atomic mass is 9.92. The topological polar surface area (TPSA) is 113 Å². The lowest BCUT2D eigenvalue weighted by molar-refractivity contribution is -0.124. The summed E-state index contributed by atoms with van der Waals surface area (Å²) in [5, 5.41) is 20.1. The molecule has 0 fully saturated rings. The SMILES string of the molecule is CC(C)(N)[C@H](NC(=O)c1ccc(C#CC#CCO)cc1)C(=O)CO. The maximum absolute atomic E-state index is 12.2. The van der Waals surface area contributed by atoms with Crippen molar-refractivity contribution in [3.8, 4) is 23.7 Å². The summed E-state index contributed by atoms with van der Waals surface area (Å²) in [5.74, 6) is 9.17. The van der Waals surface area contributed by atoms with Crippen molar-refractivity contribution >= 4 is 11.7 Å². The Bertz CT molecular complexity index is 710. The van der Waals surface area contributed by atoms with Crippen molar-refractivity contribution in [2.75, 3.05) is 13.2 Å². The van der Waals surface area contributed by atoms with Crippen LogP contribution in [-0.4, -0.2) is 46.7 Å². The van der Waals surface area contributed by atoms with Crippen molar-refractivity contribution in [2.24, 2.45) is 5.73 Å². The molecule has 1 aromatic carbocycles. The predicted molar refractivity (Wildman–Crippen MR) is 89.8 cm³/mol. The van der Waals surface area contributed by atoms with Crippen molar-refractivity contribution < 1.29 is 19.8 Å². The highest BCUT2D eigenvalue weighted by Gasteiger charge is 2.32. The quantitative estimate of drug-likeness (QED) is 0.541. The third kappa shape index (κ3) is 5.86. The Morgan fingerprint density at radius 2 is 1.83 bits per heavy atom. The van der Waals surface area contributed by atoms with Gasteiger partial charge in [0.2, 0.25) is 0 Å². The van der Waals surface area contributed by atoms with Crippen molar-refractivity contribution in [1.29, 1.82) is 0 Å². The van der Waals surface area contributed by atoms with E-state index in [0.717, 1.165) is 0 Å². The summed E-state index contributed by atoms with van der Waals surface area (Å²) < 4.78 is 0. The Hall–Kier alpha value is -2.64. The summed E-state index contributed by atoms with van der Waals surface area (Å²) in [6.45, 7) is 2.24. The maximum atomic E-state index is 12.2. The number of nitrogens with one attached hydrogen (secondary N) is 1. The minimum Gasteiger partial charge on any atom is -0.388 e. The Kier molecular flexibility index (Phi) is 7.16. The molecule has 126 valence electrons. The van der Waals surface area contributed by atoms with Gasteiger partial charge in [0.15, 0.2) is 5.78 Å². The molecule has 0 aliphatic rings. The van der Waals surface area contributed by atoms with Crippen LogP contribution < -0.4 is 11.1 Å². The fraction of sp³-hybridized carbons (Fsp3) is 0.333. The van der Waals surface area contributed by atoms with Gasteiger partial charge in [-0.15, -0.1) is 0 Å². The van der Waals surface area contributed by atoms with Crippen LogP contribution in [0.1, 0.15) is 29.8 Å². The first kappa shape index (κ1) is 19.4. The highest BCUT2D eigenvalue weighted by Crippen LogP contribution is 2.09. The number of aliphatic hydroxyl groups is 2. The number of nitrogens with two attached hydrogens (primary N) is 1. The molecule has 1 atom stereocenters. The van der Waals surface area contributed by atoms with Crippen molar-refractivity contribution in [3.05, 3.63) is 35.4 Å². The lowest BCUT2D eigenvalue weighted by Gasteiger charge is -2.29. The fourth-order valence-electron chi connectivity index (χ4n) is 1.88. The standard InChI is InChI=1S/C18H20N2O4/c1-18(2,19)16(15(23)12-22)20-17(24)14-9-7-13(8-10-14)6-4-3-5-11-21/h7-10,16,21-22H,11-12,19H2,1-2H3,(H,20,24)/t16-/m1/s1. The number of aliphatic hydroxyl groups excluding tert-OH is 2. The molecular weight excluding hydrogens is 308 g/mol. The zero-order valence-electron chi connectivity index (χ0n) is 13.6. The molecule has 0 spiro atoms. The molecular formula is C18H20N2O4. The highest BCUT2D eigenvalue weighted by atomic mass is 16.3. The van der Waals surface area contributed by atoms with Gasteiger partial charge < -0.3 is 21.3 Å². The van der Waals surface area contributed by atoms with Crippen LogP contribution in [0.15, 0.2) is 24.3 Å². The van der Waals surface area contributed by atoms with E-state index in [4.69, 9.17) is 15.9 Å². The smallest absolute Gasteiger partial charge is 0.251 e. The van der Waals surface area contributed by atoms with E-state index < -0.39 is 29.9 Å². The Labute approximate surface area is 141 Å². The first-order valence-corrected chi connectivity index (χ1v) is 7.22. The maximum Gasteiger partial charge on any atom is 0.251 e. The van der Waals surface area contributed by atoms with Gasteiger partial charge in [-0.3, -0.25) is 9.59 Å². The van der Waals surface area contributed by atoms with Crippen molar-refractivity contribution in [3.63, 3.8) is 0 Å². The third-order valence-electron chi connectivity index (χ3n) is 3.08. The van der Waals surface area contributed by atoms with Gasteiger partial charge in [0.1, 0.15) is 19.3 Å². The molecule has 1 aromatic rings. The van der Waals surface area contributed by atoms with Gasteiger partial charge in [0, 0.05) is 16.7 Å². The molecule has 1 amide bonds. The second-order valence-corrected chi connectivity index (χ2v) is 5.64. The molecule has 6 heteroatoms. The zero-order chi connectivity index (χ0) is 18.2. The van der Waals surface area contributed by atoms with Crippen LogP contribution in [0.4, 0.5) is 0 Å². The number of carbonyl (C=O) groups is 2. The molecule has 6 nitrogen and oxygen atoms in total. The summed E-state index contributed by atoms with van der Waals surface area (Å²) in [6.07, 6.45) is 0. The van der Waals surface area contributed by atoms with Gasteiger partial charge in [-0.2, -0.15) is 0 Å². The highest BCUT2D eigenvalue weighted by molar-refractivity contribution is 5.98. The molecule has 0 aliphatic carbocycles. The van der Waals surface area contributed by atoms with Crippen molar-refractivity contribution in [2.45, 2.75) is 25.4 Å². The summed E-state index contributed by atoms with van der Waals surface area (Å²) in [5.41, 5.74) is 5.87. The molecule has 0 saturated carbocycles. The number of hydrogen-bond donors (Lipinski definition) is 4. The fourth-order valence-corrected chi connectivity index (χ4v) is 1.88. The number of hydrogen-bond acceptors (Lipinski definition) is 5. The number of rotatable bonds is 5. The first-order valence-electron chi connectivity index (χ1n) is 7.22. The van der Waals surface area contributed by atoms with Gasteiger partial charge in [0.05, 0.1) is 0 Å². The monoisotopic (exact) mass is 328 g/mol. The molecule has 24 heavy (non-hydrogen) atoms. The lowest BCUT2D eigenvalue weighted by Crippen LogP contribution is -2.59. The minimum absolute atomic E-state index is 0.251. The van der Waals surface area contributed by atoms with E-state index in [1.807, 2.05) is 0 Å². The molecule has 0 heterocycles. The largest absolute Gasteiger partial charge is 0.388 e. The normalized spacial score (nSPS) is 11.4. The zero-order valence-corrected chi connectivity index (χ0v) is 13.6. The summed E-state index contributed by atoms with van der Waals surface area (Å²) in [6, 6.07) is 5.40. The molecule has 1 rings (SSSR count). The van der Waals surface area contributed by atoms with Gasteiger partial charge in [-0.25, -0.2) is 0 Å². The van der Waals surface area contributed by atoms with E-state index in [0.29, 0.717) is 11.1 Å². The Morgan fingerprint density at radius 1 is 1.21 bits per heavy atom. The van der Waals surface area contributed by atoms with Crippen LogP contribution in [0.5, 0.6) is 0 Å². The number of Topliss-reactive ketones (excluding diaryl/α,β-unsaturated/α-hetero) is 1. The van der Waals surface area contributed by atoms with Crippen LogP contribution in [0.3, 0.4) is 0 Å². The average Bonchev–Trinajstić information content (AvgIpc) is 2.55. The van der Waals surface area contributed by atoms with E-state index in [-0.39, 0.29) is 6.61 Å². The van der Waals surface area contributed by atoms with Gasteiger partial charge >= 0.3 is 0 Å². The minimum atomic E-state index is -1.01. The molecule has 0 aromatic heterocycles. The van der Waals surface area contributed by atoms with Gasteiger partial charge in [-0.1, -0.05) is 11.8 Å². The number of ketones is 1. The van der Waals surface area contributed by atoms with E-state index in [1.165, 1.54) is 0 Å². The van der Waals surface area contributed by atoms with Gasteiger partial charge in [-0.05, 0) is 50.0 Å². The summed E-state index contributed by atoms with van der Waals surface area (Å²) in [7, 11) is 0. The number of benzene rings is 1. The third-order valence-corrected chi connectivity index (χ3v) is 3.08. The Morgan fingerprint density at radius 3 is 2.33 bits per heavy atom. The van der Waals surface area contributed by atoms with Crippen LogP contribution in [0.2, 0.25) is 0 Å². The first-order chi connectivity index (χ1) is 11.3. The van der Waals surface area contributed by atoms with E-state index in [2.05, 4.69) is 29.0 Å². The predicted octanol–water partition coefficient (Wildman–Crippen LogP) is -0.569. The molecule has 0 saturated heterocycles. The summed E-state index contributed by atoms with van der Waals surface area (Å²) >= 11 is 0. The van der Waals surface area contributed by atoms with E-state index in [1.54, 1.807) is 38.1 Å². The number of carbonyl (C=O) groups excluding carboxylic acids is 2. The van der Waals surface area contributed by atoms with E-state index >= 15 is 0 Å². The molecule has 5 N–H and O–H groups in total. The molecule has 0 unspecified atom stereocenters. The molecule has 0 radical (unpaired) electrons. The summed E-state index contributed by atoms with van der Waals surface area (Å²) in [4.78, 5) is 24.0. The van der Waals surface area contributed by atoms with Crippen molar-refractivity contribution in [1.82, 2.24) is 5.32 Å². The van der Waals surface area contributed by atoms with Crippen LogP contribution in [-0.2, 0) is 4.79 Å². The molecule has 0 aliphatic heterocycles.